The third kappa shape index (κ3) is 3.26. The molecule has 1 saturated heterocycles. The summed E-state index contributed by atoms with van der Waals surface area (Å²) < 4.78 is 7.79. The predicted octanol–water partition coefficient (Wildman–Crippen LogP) is 0.910. The lowest BCUT2D eigenvalue weighted by Crippen LogP contribution is -2.25. The molecule has 1 atom stereocenters. The van der Waals surface area contributed by atoms with Gasteiger partial charge >= 0.3 is 0 Å². The summed E-state index contributed by atoms with van der Waals surface area (Å²) in [4.78, 5) is 13.8. The van der Waals surface area contributed by atoms with Crippen LogP contribution in [0.1, 0.15) is 46.5 Å². The van der Waals surface area contributed by atoms with Crippen molar-refractivity contribution in [3.05, 3.63) is 28.8 Å². The number of ether oxygens (including phenoxy) is 1. The lowest BCUT2D eigenvalue weighted by atomic mass is 10.1. The SMILES string of the molecule is Cc1cc(C(=O)NCc2nnn(C)n2)c(C)n1C1CCCOC1. The van der Waals surface area contributed by atoms with Crippen LogP contribution in [0, 0.1) is 13.8 Å². The molecule has 3 rings (SSSR count). The monoisotopic (exact) mass is 318 g/mol. The minimum Gasteiger partial charge on any atom is -0.379 e. The summed E-state index contributed by atoms with van der Waals surface area (Å²) in [6, 6.07) is 2.25. The summed E-state index contributed by atoms with van der Waals surface area (Å²) in [6.07, 6.45) is 2.14. The molecule has 0 radical (unpaired) electrons. The molecule has 124 valence electrons. The molecule has 3 heterocycles. The van der Waals surface area contributed by atoms with Crippen molar-refractivity contribution in [3.63, 3.8) is 0 Å². The quantitative estimate of drug-likeness (QED) is 0.905. The van der Waals surface area contributed by atoms with Gasteiger partial charge in [0.05, 0.1) is 31.8 Å². The summed E-state index contributed by atoms with van der Waals surface area (Å²) in [5, 5.41) is 14.5. The van der Waals surface area contributed by atoms with Crippen LogP contribution in [0.4, 0.5) is 0 Å². The molecule has 2 aromatic rings. The van der Waals surface area contributed by atoms with Gasteiger partial charge in [-0.05, 0) is 38.0 Å². The molecule has 8 nitrogen and oxygen atoms in total. The number of aryl methyl sites for hydroxylation is 2. The molecule has 1 unspecified atom stereocenters. The van der Waals surface area contributed by atoms with Crippen molar-refractivity contribution in [1.82, 2.24) is 30.1 Å². The van der Waals surface area contributed by atoms with Gasteiger partial charge in [-0.15, -0.1) is 10.2 Å². The number of carbonyl (C=O) groups excluding carboxylic acids is 1. The number of hydrogen-bond acceptors (Lipinski definition) is 5. The molecule has 1 N–H and O–H groups in total. The Labute approximate surface area is 134 Å². The Balaban J connectivity index is 1.73. The van der Waals surface area contributed by atoms with E-state index in [1.807, 2.05) is 19.9 Å². The Morgan fingerprint density at radius 2 is 2.30 bits per heavy atom. The second-order valence-corrected chi connectivity index (χ2v) is 5.90. The summed E-state index contributed by atoms with van der Waals surface area (Å²) in [6.45, 7) is 5.82. The van der Waals surface area contributed by atoms with E-state index in [0.717, 1.165) is 30.8 Å². The third-order valence-corrected chi connectivity index (χ3v) is 4.19. The molecule has 1 aliphatic heterocycles. The lowest BCUT2D eigenvalue weighted by Gasteiger charge is -2.26. The van der Waals surface area contributed by atoms with E-state index >= 15 is 0 Å². The van der Waals surface area contributed by atoms with E-state index < -0.39 is 0 Å². The van der Waals surface area contributed by atoms with Crippen molar-refractivity contribution in [1.29, 1.82) is 0 Å². The van der Waals surface area contributed by atoms with Crippen LogP contribution in [0.2, 0.25) is 0 Å². The Morgan fingerprint density at radius 3 is 2.96 bits per heavy atom. The molecular weight excluding hydrogens is 296 g/mol. The zero-order valence-corrected chi connectivity index (χ0v) is 13.7. The Hall–Kier alpha value is -2.22. The van der Waals surface area contributed by atoms with Gasteiger partial charge in [0.1, 0.15) is 0 Å². The van der Waals surface area contributed by atoms with Crippen molar-refractivity contribution in [2.75, 3.05) is 13.2 Å². The summed E-state index contributed by atoms with van der Waals surface area (Å²) >= 11 is 0. The van der Waals surface area contributed by atoms with Crippen molar-refractivity contribution in [2.24, 2.45) is 7.05 Å². The molecular formula is C15H22N6O2. The number of aromatic nitrogens is 5. The number of amides is 1. The van der Waals surface area contributed by atoms with Crippen LogP contribution in [0.25, 0.3) is 0 Å². The molecule has 2 aromatic heterocycles. The second kappa shape index (κ2) is 6.49. The van der Waals surface area contributed by atoms with Gasteiger partial charge in [-0.2, -0.15) is 4.80 Å². The van der Waals surface area contributed by atoms with E-state index in [4.69, 9.17) is 4.74 Å². The first kappa shape index (κ1) is 15.7. The molecule has 0 saturated carbocycles. The Bertz CT molecular complexity index is 699. The van der Waals surface area contributed by atoms with E-state index in [1.165, 1.54) is 4.80 Å². The normalized spacial score (nSPS) is 18.1. The number of rotatable bonds is 4. The van der Waals surface area contributed by atoms with Crippen molar-refractivity contribution >= 4 is 5.91 Å². The minimum absolute atomic E-state index is 0.117. The number of nitrogens with one attached hydrogen (secondary N) is 1. The fourth-order valence-corrected chi connectivity index (χ4v) is 3.14. The van der Waals surface area contributed by atoms with E-state index in [2.05, 4.69) is 25.3 Å². The smallest absolute Gasteiger partial charge is 0.253 e. The van der Waals surface area contributed by atoms with Crippen LogP contribution < -0.4 is 5.32 Å². The van der Waals surface area contributed by atoms with Crippen LogP contribution in [0.5, 0.6) is 0 Å². The van der Waals surface area contributed by atoms with Crippen molar-refractivity contribution < 1.29 is 9.53 Å². The van der Waals surface area contributed by atoms with Crippen LogP contribution in [0.15, 0.2) is 6.07 Å². The molecule has 8 heteroatoms. The van der Waals surface area contributed by atoms with Gasteiger partial charge in [0.25, 0.3) is 5.91 Å². The predicted molar refractivity (Wildman–Crippen MR) is 83.0 cm³/mol. The molecule has 1 aliphatic rings. The standard InChI is InChI=1S/C15H22N6O2/c1-10-7-13(11(2)21(10)12-5-4-6-23-9-12)15(22)16-8-14-17-19-20(3)18-14/h7,12H,4-6,8-9H2,1-3H3,(H,16,22). The first-order valence-electron chi connectivity index (χ1n) is 7.83. The van der Waals surface area contributed by atoms with Crippen molar-refractivity contribution in [3.8, 4) is 0 Å². The zero-order chi connectivity index (χ0) is 16.4. The zero-order valence-electron chi connectivity index (χ0n) is 13.7. The molecule has 0 aliphatic carbocycles. The van der Waals surface area contributed by atoms with E-state index in [-0.39, 0.29) is 12.5 Å². The number of hydrogen-bond donors (Lipinski definition) is 1. The number of carbonyl (C=O) groups is 1. The van der Waals surface area contributed by atoms with Crippen molar-refractivity contribution in [2.45, 2.75) is 39.3 Å². The Morgan fingerprint density at radius 1 is 1.48 bits per heavy atom. The first-order valence-corrected chi connectivity index (χ1v) is 7.83. The minimum atomic E-state index is -0.117. The highest BCUT2D eigenvalue weighted by Crippen LogP contribution is 2.26. The largest absolute Gasteiger partial charge is 0.379 e. The maximum atomic E-state index is 12.5. The van der Waals surface area contributed by atoms with Gasteiger partial charge in [0.2, 0.25) is 0 Å². The van der Waals surface area contributed by atoms with E-state index in [1.54, 1.807) is 7.05 Å². The lowest BCUT2D eigenvalue weighted by molar-refractivity contribution is 0.0579. The maximum Gasteiger partial charge on any atom is 0.253 e. The topological polar surface area (TPSA) is 86.9 Å². The van der Waals surface area contributed by atoms with Gasteiger partial charge in [0, 0.05) is 18.0 Å². The van der Waals surface area contributed by atoms with Crippen LogP contribution in [-0.2, 0) is 18.3 Å². The van der Waals surface area contributed by atoms with Gasteiger partial charge < -0.3 is 14.6 Å². The van der Waals surface area contributed by atoms with Gasteiger partial charge in [-0.3, -0.25) is 4.79 Å². The van der Waals surface area contributed by atoms with Crippen LogP contribution in [0.3, 0.4) is 0 Å². The Kier molecular flexibility index (Phi) is 4.42. The fourth-order valence-electron chi connectivity index (χ4n) is 3.14. The third-order valence-electron chi connectivity index (χ3n) is 4.19. The van der Waals surface area contributed by atoms with Gasteiger partial charge in [0.15, 0.2) is 5.82 Å². The molecule has 0 aromatic carbocycles. The van der Waals surface area contributed by atoms with Crippen LogP contribution in [-0.4, -0.2) is 43.9 Å². The number of nitrogens with zero attached hydrogens (tertiary/aromatic N) is 5. The molecule has 0 spiro atoms. The van der Waals surface area contributed by atoms with E-state index in [0.29, 0.717) is 24.0 Å². The van der Waals surface area contributed by atoms with Gasteiger partial charge in [-0.25, -0.2) is 0 Å². The fraction of sp³-hybridized carbons (Fsp3) is 0.600. The van der Waals surface area contributed by atoms with Gasteiger partial charge in [-0.1, -0.05) is 0 Å². The van der Waals surface area contributed by atoms with Crippen LogP contribution >= 0.6 is 0 Å². The molecule has 1 fully saturated rings. The highest BCUT2D eigenvalue weighted by Gasteiger charge is 2.23. The number of tetrazole rings is 1. The molecule has 0 bridgehead atoms. The second-order valence-electron chi connectivity index (χ2n) is 5.90. The highest BCUT2D eigenvalue weighted by molar-refractivity contribution is 5.95. The van der Waals surface area contributed by atoms with E-state index in [9.17, 15) is 4.79 Å². The summed E-state index contributed by atoms with van der Waals surface area (Å²) in [7, 11) is 1.69. The molecule has 23 heavy (non-hydrogen) atoms. The molecule has 1 amide bonds. The average Bonchev–Trinajstić information content (AvgIpc) is 3.09. The summed E-state index contributed by atoms with van der Waals surface area (Å²) in [5.41, 5.74) is 2.75. The summed E-state index contributed by atoms with van der Waals surface area (Å²) in [5.74, 6) is 0.379. The highest BCUT2D eigenvalue weighted by atomic mass is 16.5. The maximum absolute atomic E-state index is 12.5. The average molecular weight is 318 g/mol. The first-order chi connectivity index (χ1) is 11.1.